The molecule has 0 saturated carbocycles. The summed E-state index contributed by atoms with van der Waals surface area (Å²) < 4.78 is 13.5. The lowest BCUT2D eigenvalue weighted by atomic mass is 9.83. The van der Waals surface area contributed by atoms with Gasteiger partial charge in [-0.3, -0.25) is 9.69 Å². The second kappa shape index (κ2) is 9.75. The van der Waals surface area contributed by atoms with Crippen LogP contribution in [0.2, 0.25) is 0 Å². The fourth-order valence-corrected chi connectivity index (χ4v) is 5.22. The Balaban J connectivity index is 1.30. The molecule has 2 unspecified atom stereocenters. The van der Waals surface area contributed by atoms with Gasteiger partial charge in [0.2, 0.25) is 5.91 Å². The lowest BCUT2D eigenvalue weighted by Crippen LogP contribution is -2.61. The Morgan fingerprint density at radius 3 is 2.58 bits per heavy atom. The minimum absolute atomic E-state index is 0.0497. The molecule has 0 bridgehead atoms. The molecule has 1 N–H and O–H groups in total. The maximum absolute atomic E-state index is 13.5. The van der Waals surface area contributed by atoms with Crippen molar-refractivity contribution in [3.05, 3.63) is 101 Å². The lowest BCUT2D eigenvalue weighted by Gasteiger charge is -2.49. The van der Waals surface area contributed by atoms with E-state index in [1.54, 1.807) is 6.07 Å². The van der Waals surface area contributed by atoms with Crippen LogP contribution in [0.5, 0.6) is 0 Å². The summed E-state index contributed by atoms with van der Waals surface area (Å²) in [7, 11) is 0. The Bertz CT molecular complexity index is 1100. The van der Waals surface area contributed by atoms with E-state index in [1.807, 2.05) is 6.07 Å². The van der Waals surface area contributed by atoms with Gasteiger partial charge in [0, 0.05) is 38.4 Å². The summed E-state index contributed by atoms with van der Waals surface area (Å²) >= 11 is 0. The number of hydrogen-bond acceptors (Lipinski definition) is 3. The highest BCUT2D eigenvalue weighted by molar-refractivity contribution is 5.82. The van der Waals surface area contributed by atoms with Gasteiger partial charge in [0.05, 0.1) is 12.0 Å². The van der Waals surface area contributed by atoms with E-state index in [9.17, 15) is 9.18 Å². The molecule has 1 saturated heterocycles. The van der Waals surface area contributed by atoms with Crippen molar-refractivity contribution >= 4 is 11.6 Å². The Labute approximate surface area is 195 Å². The quantitative estimate of drug-likeness (QED) is 0.625. The molecular weight excluding hydrogens is 413 g/mol. The second-order valence-electron chi connectivity index (χ2n) is 9.08. The minimum Gasteiger partial charge on any atom is -0.365 e. The number of fused-ring (bicyclic) bond motifs is 3. The standard InChI is InChI=1S/C28H30FN3O/c29-24-11-6-9-22(17-24)19-30-28(33)25-18-23-10-4-5-12-26(23)32-16-15-31(20-27(25)32)14-13-21-7-2-1-3-8-21/h1-12,17,25,27H,13-16,18-20H2,(H,30,33). The third kappa shape index (κ3) is 4.93. The van der Waals surface area contributed by atoms with Crippen molar-refractivity contribution in [1.82, 2.24) is 10.2 Å². The zero-order valence-electron chi connectivity index (χ0n) is 18.8. The van der Waals surface area contributed by atoms with Gasteiger partial charge in [-0.1, -0.05) is 60.7 Å². The highest BCUT2D eigenvalue weighted by atomic mass is 19.1. The Kier molecular flexibility index (Phi) is 6.40. The number of hydrogen-bond donors (Lipinski definition) is 1. The van der Waals surface area contributed by atoms with Crippen LogP contribution in [0.4, 0.5) is 10.1 Å². The average Bonchev–Trinajstić information content (AvgIpc) is 2.86. The molecule has 0 aromatic heterocycles. The van der Waals surface area contributed by atoms with E-state index in [1.165, 1.54) is 28.9 Å². The zero-order valence-corrected chi connectivity index (χ0v) is 18.8. The Morgan fingerprint density at radius 1 is 0.939 bits per heavy atom. The number of para-hydroxylation sites is 1. The molecule has 2 heterocycles. The van der Waals surface area contributed by atoms with Gasteiger partial charge in [0.1, 0.15) is 5.82 Å². The maximum Gasteiger partial charge on any atom is 0.225 e. The van der Waals surface area contributed by atoms with Crippen LogP contribution >= 0.6 is 0 Å². The van der Waals surface area contributed by atoms with Crippen LogP contribution in [-0.4, -0.2) is 43.0 Å². The first kappa shape index (κ1) is 21.7. The number of rotatable bonds is 6. The fraction of sp³-hybridized carbons (Fsp3) is 0.321. The van der Waals surface area contributed by atoms with Crippen molar-refractivity contribution in [1.29, 1.82) is 0 Å². The van der Waals surface area contributed by atoms with Crippen LogP contribution in [0.3, 0.4) is 0 Å². The predicted octanol–water partition coefficient (Wildman–Crippen LogP) is 4.05. The molecule has 4 nitrogen and oxygen atoms in total. The monoisotopic (exact) mass is 443 g/mol. The first-order valence-corrected chi connectivity index (χ1v) is 11.8. The smallest absolute Gasteiger partial charge is 0.225 e. The van der Waals surface area contributed by atoms with E-state index >= 15 is 0 Å². The van der Waals surface area contributed by atoms with Crippen molar-refractivity contribution in [2.24, 2.45) is 5.92 Å². The summed E-state index contributed by atoms with van der Waals surface area (Å²) in [6, 6.07) is 25.6. The van der Waals surface area contributed by atoms with Gasteiger partial charge in [0.25, 0.3) is 0 Å². The third-order valence-corrected chi connectivity index (χ3v) is 6.96. The van der Waals surface area contributed by atoms with Crippen molar-refractivity contribution < 1.29 is 9.18 Å². The lowest BCUT2D eigenvalue weighted by molar-refractivity contribution is -0.126. The highest BCUT2D eigenvalue weighted by Gasteiger charge is 2.41. The van der Waals surface area contributed by atoms with Gasteiger partial charge in [-0.25, -0.2) is 4.39 Å². The van der Waals surface area contributed by atoms with E-state index < -0.39 is 0 Å². The van der Waals surface area contributed by atoms with Crippen molar-refractivity contribution in [3.8, 4) is 0 Å². The molecule has 2 aliphatic rings. The second-order valence-corrected chi connectivity index (χ2v) is 9.08. The number of anilines is 1. The van der Waals surface area contributed by atoms with E-state index in [-0.39, 0.29) is 23.7 Å². The maximum atomic E-state index is 13.5. The zero-order chi connectivity index (χ0) is 22.6. The van der Waals surface area contributed by atoms with Crippen LogP contribution in [0, 0.1) is 11.7 Å². The summed E-state index contributed by atoms with van der Waals surface area (Å²) in [5.74, 6) is -0.359. The highest BCUT2D eigenvalue weighted by Crippen LogP contribution is 2.36. The topological polar surface area (TPSA) is 35.6 Å². The van der Waals surface area contributed by atoms with Crippen LogP contribution in [0.25, 0.3) is 0 Å². The molecule has 5 heteroatoms. The third-order valence-electron chi connectivity index (χ3n) is 6.96. The first-order valence-electron chi connectivity index (χ1n) is 11.8. The molecule has 5 rings (SSSR count). The predicted molar refractivity (Wildman–Crippen MR) is 130 cm³/mol. The van der Waals surface area contributed by atoms with Crippen molar-refractivity contribution in [2.75, 3.05) is 31.1 Å². The molecule has 33 heavy (non-hydrogen) atoms. The molecule has 2 atom stereocenters. The molecular formula is C28H30FN3O. The minimum atomic E-state index is -0.277. The van der Waals surface area contributed by atoms with Crippen LogP contribution in [-0.2, 0) is 24.2 Å². The number of carbonyl (C=O) groups is 1. The van der Waals surface area contributed by atoms with E-state index in [0.717, 1.165) is 44.6 Å². The number of halogens is 1. The number of carbonyl (C=O) groups excluding carboxylic acids is 1. The summed E-state index contributed by atoms with van der Waals surface area (Å²) in [5.41, 5.74) is 4.62. The number of piperazine rings is 1. The first-order chi connectivity index (χ1) is 16.2. The van der Waals surface area contributed by atoms with Crippen molar-refractivity contribution in [3.63, 3.8) is 0 Å². The van der Waals surface area contributed by atoms with Crippen molar-refractivity contribution in [2.45, 2.75) is 25.4 Å². The largest absolute Gasteiger partial charge is 0.365 e. The van der Waals surface area contributed by atoms with Gasteiger partial charge in [-0.15, -0.1) is 0 Å². The van der Waals surface area contributed by atoms with Crippen LogP contribution < -0.4 is 10.2 Å². The van der Waals surface area contributed by atoms with E-state index in [0.29, 0.717) is 6.54 Å². The molecule has 1 amide bonds. The molecule has 0 radical (unpaired) electrons. The Hall–Kier alpha value is -3.18. The molecule has 170 valence electrons. The number of amides is 1. The van der Waals surface area contributed by atoms with Gasteiger partial charge in [-0.05, 0) is 47.7 Å². The Morgan fingerprint density at radius 2 is 1.73 bits per heavy atom. The van der Waals surface area contributed by atoms with Crippen LogP contribution in [0.1, 0.15) is 16.7 Å². The van der Waals surface area contributed by atoms with Gasteiger partial charge >= 0.3 is 0 Å². The van der Waals surface area contributed by atoms with Crippen LogP contribution in [0.15, 0.2) is 78.9 Å². The van der Waals surface area contributed by atoms with Gasteiger partial charge in [0.15, 0.2) is 0 Å². The fourth-order valence-electron chi connectivity index (χ4n) is 5.22. The summed E-state index contributed by atoms with van der Waals surface area (Å²) in [4.78, 5) is 18.3. The van der Waals surface area contributed by atoms with E-state index in [2.05, 4.69) is 69.7 Å². The molecule has 0 spiro atoms. The molecule has 1 fully saturated rings. The number of benzene rings is 3. The molecule has 3 aromatic carbocycles. The normalized spacial score (nSPS) is 20.1. The average molecular weight is 444 g/mol. The summed E-state index contributed by atoms with van der Waals surface area (Å²) in [5, 5.41) is 3.08. The molecule has 3 aromatic rings. The van der Waals surface area contributed by atoms with Gasteiger partial charge in [-0.2, -0.15) is 0 Å². The van der Waals surface area contributed by atoms with E-state index in [4.69, 9.17) is 0 Å². The summed E-state index contributed by atoms with van der Waals surface area (Å²) in [6.45, 7) is 4.13. The number of nitrogens with zero attached hydrogens (tertiary/aromatic N) is 2. The molecule has 2 aliphatic heterocycles. The SMILES string of the molecule is O=C(NCc1cccc(F)c1)C1Cc2ccccc2N2CCN(CCc3ccccc3)CC12. The van der Waals surface area contributed by atoms with Gasteiger partial charge < -0.3 is 10.2 Å². The summed E-state index contributed by atoms with van der Waals surface area (Å²) in [6.07, 6.45) is 1.75. The molecule has 0 aliphatic carbocycles. The number of nitrogens with one attached hydrogen (secondary N) is 1.